The van der Waals surface area contributed by atoms with E-state index in [0.29, 0.717) is 18.2 Å². The third-order valence-electron chi connectivity index (χ3n) is 3.69. The van der Waals surface area contributed by atoms with Crippen LogP contribution in [0, 0.1) is 0 Å². The summed E-state index contributed by atoms with van der Waals surface area (Å²) in [6.45, 7) is 2.81. The maximum absolute atomic E-state index is 12.4. The van der Waals surface area contributed by atoms with Crippen molar-refractivity contribution in [1.29, 1.82) is 0 Å². The molecule has 0 fully saturated rings. The molecule has 0 saturated heterocycles. The highest BCUT2D eigenvalue weighted by Gasteiger charge is 2.17. The molecule has 1 aromatic carbocycles. The number of rotatable bonds is 9. The van der Waals surface area contributed by atoms with Gasteiger partial charge in [0.2, 0.25) is 11.0 Å². The second-order valence-electron chi connectivity index (χ2n) is 5.60. The van der Waals surface area contributed by atoms with Gasteiger partial charge in [-0.25, -0.2) is 0 Å². The largest absolute Gasteiger partial charge is 0.496 e. The molecule has 7 nitrogen and oxygen atoms in total. The number of methoxy groups -OCH3 is 1. The van der Waals surface area contributed by atoms with Gasteiger partial charge in [-0.15, -0.1) is 10.2 Å². The number of hydrogen-bond acceptors (Lipinski definition) is 8. The fraction of sp³-hybridized carbons (Fsp3) is 0.278. The average Bonchev–Trinajstić information content (AvgIpc) is 3.36. The topological polar surface area (TPSA) is 89.3 Å². The first-order valence-corrected chi connectivity index (χ1v) is 10.0. The van der Waals surface area contributed by atoms with Crippen molar-refractivity contribution in [1.82, 2.24) is 15.5 Å². The van der Waals surface area contributed by atoms with Crippen LogP contribution >= 0.6 is 23.1 Å². The third kappa shape index (κ3) is 5.48. The van der Waals surface area contributed by atoms with Crippen molar-refractivity contribution in [2.75, 3.05) is 12.4 Å². The summed E-state index contributed by atoms with van der Waals surface area (Å²) in [5.41, 5.74) is 0.936. The molecule has 1 atom stereocenters. The number of anilines is 1. The number of aromatic nitrogens is 2. The monoisotopic (exact) mass is 404 g/mol. The highest BCUT2D eigenvalue weighted by Crippen LogP contribution is 2.29. The molecular weight excluding hydrogens is 384 g/mol. The maximum atomic E-state index is 12.4. The Balaban J connectivity index is 1.48. The molecule has 3 aromatic rings. The predicted molar refractivity (Wildman–Crippen MR) is 106 cm³/mol. The van der Waals surface area contributed by atoms with Gasteiger partial charge in [0.25, 0.3) is 0 Å². The molecule has 2 N–H and O–H groups in total. The summed E-state index contributed by atoms with van der Waals surface area (Å²) in [5.74, 6) is 1.52. The Labute approximate surface area is 165 Å². The molecule has 0 saturated carbocycles. The summed E-state index contributed by atoms with van der Waals surface area (Å²) in [6.07, 6.45) is 1.63. The summed E-state index contributed by atoms with van der Waals surface area (Å²) >= 11 is 2.79. The van der Waals surface area contributed by atoms with Gasteiger partial charge in [0.05, 0.1) is 25.2 Å². The Morgan fingerprint density at radius 3 is 2.89 bits per heavy atom. The SMILES string of the molecule is COc1ccccc1CNC(=O)[C@@H](C)Sc1nnc(NCc2ccco2)s1. The number of nitrogens with one attached hydrogen (secondary N) is 2. The molecule has 0 unspecified atom stereocenters. The molecule has 3 rings (SSSR count). The lowest BCUT2D eigenvalue weighted by atomic mass is 10.2. The van der Waals surface area contributed by atoms with Crippen molar-refractivity contribution in [3.63, 3.8) is 0 Å². The normalized spacial score (nSPS) is 11.8. The molecule has 0 radical (unpaired) electrons. The third-order valence-corrected chi connectivity index (χ3v) is 5.76. The molecule has 0 bridgehead atoms. The van der Waals surface area contributed by atoms with Crippen molar-refractivity contribution in [2.24, 2.45) is 0 Å². The number of amides is 1. The van der Waals surface area contributed by atoms with E-state index in [1.54, 1.807) is 13.4 Å². The maximum Gasteiger partial charge on any atom is 0.233 e. The molecular formula is C18H20N4O3S2. The van der Waals surface area contributed by atoms with Crippen LogP contribution in [0.2, 0.25) is 0 Å². The van der Waals surface area contributed by atoms with Crippen LogP contribution in [0.3, 0.4) is 0 Å². The van der Waals surface area contributed by atoms with E-state index in [9.17, 15) is 4.79 Å². The number of thioether (sulfide) groups is 1. The van der Waals surface area contributed by atoms with Crippen LogP contribution in [0.5, 0.6) is 5.75 Å². The minimum Gasteiger partial charge on any atom is -0.496 e. The molecule has 142 valence electrons. The lowest BCUT2D eigenvalue weighted by molar-refractivity contribution is -0.120. The molecule has 0 aliphatic heterocycles. The van der Waals surface area contributed by atoms with Crippen LogP contribution in [0.15, 0.2) is 51.4 Å². The molecule has 0 spiro atoms. The van der Waals surface area contributed by atoms with Crippen molar-refractivity contribution in [3.8, 4) is 5.75 Å². The molecule has 0 aliphatic carbocycles. The lowest BCUT2D eigenvalue weighted by Crippen LogP contribution is -2.30. The van der Waals surface area contributed by atoms with Crippen LogP contribution in [0.4, 0.5) is 5.13 Å². The van der Waals surface area contributed by atoms with Gasteiger partial charge < -0.3 is 19.8 Å². The summed E-state index contributed by atoms with van der Waals surface area (Å²) in [7, 11) is 1.62. The van der Waals surface area contributed by atoms with E-state index < -0.39 is 0 Å². The molecule has 27 heavy (non-hydrogen) atoms. The van der Waals surface area contributed by atoms with Crippen molar-refractivity contribution < 1.29 is 13.9 Å². The fourth-order valence-electron chi connectivity index (χ4n) is 2.28. The van der Waals surface area contributed by atoms with Gasteiger partial charge in [-0.3, -0.25) is 4.79 Å². The zero-order valence-corrected chi connectivity index (χ0v) is 16.6. The lowest BCUT2D eigenvalue weighted by Gasteiger charge is -2.12. The first kappa shape index (κ1) is 19.2. The van der Waals surface area contributed by atoms with E-state index in [2.05, 4.69) is 20.8 Å². The molecule has 1 amide bonds. The second kappa shape index (κ2) is 9.43. The second-order valence-corrected chi connectivity index (χ2v) is 8.16. The summed E-state index contributed by atoms with van der Waals surface area (Å²) in [6, 6.07) is 11.3. The molecule has 2 heterocycles. The van der Waals surface area contributed by atoms with Gasteiger partial charge >= 0.3 is 0 Å². The fourth-order valence-corrected chi connectivity index (χ4v) is 4.20. The number of nitrogens with zero attached hydrogens (tertiary/aromatic N) is 2. The Bertz CT molecular complexity index is 867. The number of furan rings is 1. The smallest absolute Gasteiger partial charge is 0.233 e. The van der Waals surface area contributed by atoms with Gasteiger partial charge in [0.15, 0.2) is 4.34 Å². The standard InChI is InChI=1S/C18H20N4O3S2/c1-12(16(23)19-10-13-6-3-4-8-15(13)24-2)26-18-22-21-17(27-18)20-11-14-7-5-9-25-14/h3-9,12H,10-11H2,1-2H3,(H,19,23)(H,20,21)/t12-/m1/s1. The van der Waals surface area contributed by atoms with Gasteiger partial charge in [-0.05, 0) is 25.1 Å². The number of carbonyl (C=O) groups is 1. The van der Waals surface area contributed by atoms with Crippen LogP contribution in [0.1, 0.15) is 18.2 Å². The first-order valence-electron chi connectivity index (χ1n) is 8.31. The van der Waals surface area contributed by atoms with Crippen LogP contribution < -0.4 is 15.4 Å². The summed E-state index contributed by atoms with van der Waals surface area (Å²) < 4.78 is 11.3. The van der Waals surface area contributed by atoms with Crippen LogP contribution in [-0.2, 0) is 17.9 Å². The molecule has 9 heteroatoms. The predicted octanol–water partition coefficient (Wildman–Crippen LogP) is 3.55. The zero-order chi connectivity index (χ0) is 19.1. The van der Waals surface area contributed by atoms with Crippen molar-refractivity contribution in [2.45, 2.75) is 29.6 Å². The van der Waals surface area contributed by atoms with Crippen molar-refractivity contribution in [3.05, 3.63) is 54.0 Å². The van der Waals surface area contributed by atoms with Gasteiger partial charge in [-0.2, -0.15) is 0 Å². The zero-order valence-electron chi connectivity index (χ0n) is 15.0. The van der Waals surface area contributed by atoms with Crippen LogP contribution in [0.25, 0.3) is 0 Å². The minimum atomic E-state index is -0.286. The van der Waals surface area contributed by atoms with E-state index in [0.717, 1.165) is 21.4 Å². The quantitative estimate of drug-likeness (QED) is 0.527. The van der Waals surface area contributed by atoms with E-state index in [1.807, 2.05) is 43.3 Å². The minimum absolute atomic E-state index is 0.0637. The summed E-state index contributed by atoms with van der Waals surface area (Å²) in [4.78, 5) is 12.4. The summed E-state index contributed by atoms with van der Waals surface area (Å²) in [5, 5.41) is 14.7. The number of benzene rings is 1. The highest BCUT2D eigenvalue weighted by molar-refractivity contribution is 8.02. The number of para-hydroxylation sites is 1. The van der Waals surface area contributed by atoms with E-state index in [4.69, 9.17) is 9.15 Å². The van der Waals surface area contributed by atoms with Crippen LogP contribution in [-0.4, -0.2) is 28.5 Å². The van der Waals surface area contributed by atoms with E-state index in [-0.39, 0.29) is 11.2 Å². The van der Waals surface area contributed by atoms with Gasteiger partial charge in [0, 0.05) is 12.1 Å². The molecule has 2 aromatic heterocycles. The van der Waals surface area contributed by atoms with Crippen molar-refractivity contribution >= 4 is 34.1 Å². The highest BCUT2D eigenvalue weighted by atomic mass is 32.2. The first-order chi connectivity index (χ1) is 13.2. The number of carbonyl (C=O) groups excluding carboxylic acids is 1. The van der Waals surface area contributed by atoms with Gasteiger partial charge in [-0.1, -0.05) is 41.3 Å². The Hall–Kier alpha value is -2.52. The Morgan fingerprint density at radius 1 is 1.26 bits per heavy atom. The Morgan fingerprint density at radius 2 is 2.11 bits per heavy atom. The number of ether oxygens (including phenoxy) is 1. The Kier molecular flexibility index (Phi) is 6.72. The molecule has 0 aliphatic rings. The van der Waals surface area contributed by atoms with E-state index >= 15 is 0 Å². The number of hydrogen-bond donors (Lipinski definition) is 2. The van der Waals surface area contributed by atoms with E-state index in [1.165, 1.54) is 23.1 Å². The van der Waals surface area contributed by atoms with Gasteiger partial charge in [0.1, 0.15) is 11.5 Å². The average molecular weight is 405 g/mol.